The molecule has 0 radical (unpaired) electrons. The molecule has 20 heavy (non-hydrogen) atoms. The Labute approximate surface area is 114 Å². The Bertz CT molecular complexity index is 760. The summed E-state index contributed by atoms with van der Waals surface area (Å²) >= 11 is 0. The van der Waals surface area contributed by atoms with E-state index in [0.29, 0.717) is 10.9 Å². The van der Waals surface area contributed by atoms with Crippen molar-refractivity contribution in [1.29, 1.82) is 0 Å². The maximum Gasteiger partial charge on any atom is 0.308 e. The maximum atomic E-state index is 11.6. The number of hydrogen-bond acceptors (Lipinski definition) is 5. The SMILES string of the molecule is CC(=O)Oc1ccc2c(C)cc(=O)[nH]c2c1OC(C)=O. The van der Waals surface area contributed by atoms with Crippen LogP contribution in [0.4, 0.5) is 0 Å². The lowest BCUT2D eigenvalue weighted by atomic mass is 10.1. The second-order valence-electron chi connectivity index (χ2n) is 4.32. The van der Waals surface area contributed by atoms with Crippen molar-refractivity contribution in [3.8, 4) is 11.5 Å². The molecule has 1 aromatic carbocycles. The summed E-state index contributed by atoms with van der Waals surface area (Å²) in [5, 5.41) is 0.705. The summed E-state index contributed by atoms with van der Waals surface area (Å²) in [7, 11) is 0. The molecule has 6 nitrogen and oxygen atoms in total. The fraction of sp³-hybridized carbons (Fsp3) is 0.214. The van der Waals surface area contributed by atoms with Crippen LogP contribution in [0.5, 0.6) is 11.5 Å². The van der Waals surface area contributed by atoms with E-state index in [1.165, 1.54) is 26.0 Å². The van der Waals surface area contributed by atoms with Crippen LogP contribution < -0.4 is 15.0 Å². The van der Waals surface area contributed by atoms with Crippen LogP contribution in [0.15, 0.2) is 23.0 Å². The second-order valence-corrected chi connectivity index (χ2v) is 4.32. The van der Waals surface area contributed by atoms with Gasteiger partial charge in [-0.25, -0.2) is 0 Å². The smallest absolute Gasteiger partial charge is 0.308 e. The molecule has 104 valence electrons. The quantitative estimate of drug-likeness (QED) is 0.665. The Morgan fingerprint density at radius 3 is 2.35 bits per heavy atom. The van der Waals surface area contributed by atoms with Crippen LogP contribution in [0, 0.1) is 6.92 Å². The maximum absolute atomic E-state index is 11.6. The Morgan fingerprint density at radius 2 is 1.75 bits per heavy atom. The first-order valence-electron chi connectivity index (χ1n) is 5.92. The predicted molar refractivity (Wildman–Crippen MR) is 71.9 cm³/mol. The molecule has 2 aromatic rings. The van der Waals surface area contributed by atoms with Crippen molar-refractivity contribution >= 4 is 22.8 Å². The third-order valence-electron chi connectivity index (χ3n) is 2.64. The lowest BCUT2D eigenvalue weighted by Crippen LogP contribution is -2.11. The Balaban J connectivity index is 2.78. The van der Waals surface area contributed by atoms with Crippen LogP contribution in [-0.4, -0.2) is 16.9 Å². The van der Waals surface area contributed by atoms with E-state index in [-0.39, 0.29) is 17.1 Å². The third-order valence-corrected chi connectivity index (χ3v) is 2.64. The lowest BCUT2D eigenvalue weighted by molar-refractivity contribution is -0.134. The number of esters is 2. The van der Waals surface area contributed by atoms with Gasteiger partial charge in [0.2, 0.25) is 5.56 Å². The fourth-order valence-electron chi connectivity index (χ4n) is 1.93. The number of fused-ring (bicyclic) bond motifs is 1. The number of aryl methyl sites for hydroxylation is 1. The second kappa shape index (κ2) is 5.16. The third kappa shape index (κ3) is 2.69. The van der Waals surface area contributed by atoms with Crippen molar-refractivity contribution in [3.63, 3.8) is 0 Å². The highest BCUT2D eigenvalue weighted by molar-refractivity contribution is 5.92. The molecule has 0 saturated heterocycles. The highest BCUT2D eigenvalue weighted by Crippen LogP contribution is 2.35. The largest absolute Gasteiger partial charge is 0.423 e. The Kier molecular flexibility index (Phi) is 3.56. The van der Waals surface area contributed by atoms with E-state index < -0.39 is 11.9 Å². The van der Waals surface area contributed by atoms with Gasteiger partial charge in [0, 0.05) is 25.3 Å². The molecule has 0 aliphatic carbocycles. The monoisotopic (exact) mass is 275 g/mol. The number of pyridine rings is 1. The number of aromatic nitrogens is 1. The number of ether oxygens (including phenoxy) is 2. The number of H-pyrrole nitrogens is 1. The molecule has 0 unspecified atom stereocenters. The molecule has 0 aliphatic heterocycles. The van der Waals surface area contributed by atoms with Gasteiger partial charge in [-0.15, -0.1) is 0 Å². The van der Waals surface area contributed by atoms with Crippen LogP contribution in [-0.2, 0) is 9.59 Å². The van der Waals surface area contributed by atoms with Crippen LogP contribution in [0.1, 0.15) is 19.4 Å². The molecule has 0 atom stereocenters. The van der Waals surface area contributed by atoms with Gasteiger partial charge in [0.15, 0.2) is 11.5 Å². The van der Waals surface area contributed by atoms with Gasteiger partial charge in [-0.3, -0.25) is 14.4 Å². The van der Waals surface area contributed by atoms with E-state index in [1.54, 1.807) is 13.0 Å². The molecule has 0 bridgehead atoms. The van der Waals surface area contributed by atoms with Crippen molar-refractivity contribution in [2.75, 3.05) is 0 Å². The van der Waals surface area contributed by atoms with Gasteiger partial charge in [-0.1, -0.05) is 0 Å². The van der Waals surface area contributed by atoms with Crippen LogP contribution in [0.3, 0.4) is 0 Å². The van der Waals surface area contributed by atoms with Gasteiger partial charge in [-0.2, -0.15) is 0 Å². The topological polar surface area (TPSA) is 85.5 Å². The molecule has 0 amide bonds. The number of aromatic amines is 1. The first-order chi connectivity index (χ1) is 9.38. The lowest BCUT2D eigenvalue weighted by Gasteiger charge is -2.12. The van der Waals surface area contributed by atoms with Crippen molar-refractivity contribution in [2.45, 2.75) is 20.8 Å². The average molecular weight is 275 g/mol. The van der Waals surface area contributed by atoms with Gasteiger partial charge >= 0.3 is 11.9 Å². The highest BCUT2D eigenvalue weighted by atomic mass is 16.6. The van der Waals surface area contributed by atoms with Crippen LogP contribution >= 0.6 is 0 Å². The van der Waals surface area contributed by atoms with Gasteiger partial charge in [-0.05, 0) is 24.6 Å². The zero-order chi connectivity index (χ0) is 14.9. The highest BCUT2D eigenvalue weighted by Gasteiger charge is 2.16. The summed E-state index contributed by atoms with van der Waals surface area (Å²) in [4.78, 5) is 36.5. The zero-order valence-electron chi connectivity index (χ0n) is 11.3. The number of carbonyl (C=O) groups excluding carboxylic acids is 2. The average Bonchev–Trinajstić information content (AvgIpc) is 2.31. The standard InChI is InChI=1S/C14H13NO5/c1-7-6-12(18)15-13-10(7)4-5-11(19-8(2)16)14(13)20-9(3)17/h4-6H,1-3H3,(H,15,18). The van der Waals surface area contributed by atoms with E-state index in [9.17, 15) is 14.4 Å². The first kappa shape index (κ1) is 13.8. The normalized spacial score (nSPS) is 10.3. The van der Waals surface area contributed by atoms with Gasteiger partial charge < -0.3 is 14.5 Å². The Morgan fingerprint density at radius 1 is 1.10 bits per heavy atom. The molecule has 1 heterocycles. The molecule has 0 spiro atoms. The zero-order valence-corrected chi connectivity index (χ0v) is 11.3. The molecule has 0 aliphatic rings. The predicted octanol–water partition coefficient (Wildman–Crippen LogP) is 1.69. The summed E-state index contributed by atoms with van der Waals surface area (Å²) in [5.41, 5.74) is 0.721. The molecule has 6 heteroatoms. The van der Waals surface area contributed by atoms with E-state index >= 15 is 0 Å². The molecular formula is C14H13NO5. The van der Waals surface area contributed by atoms with Crippen molar-refractivity contribution < 1.29 is 19.1 Å². The summed E-state index contributed by atoms with van der Waals surface area (Å²) < 4.78 is 10.1. The molecule has 0 fully saturated rings. The van der Waals surface area contributed by atoms with E-state index in [0.717, 1.165) is 5.56 Å². The molecular weight excluding hydrogens is 262 g/mol. The number of benzene rings is 1. The van der Waals surface area contributed by atoms with Gasteiger partial charge in [0.25, 0.3) is 0 Å². The van der Waals surface area contributed by atoms with Crippen LogP contribution in [0.2, 0.25) is 0 Å². The number of nitrogens with one attached hydrogen (secondary N) is 1. The number of hydrogen-bond donors (Lipinski definition) is 1. The van der Waals surface area contributed by atoms with Gasteiger partial charge in [0.05, 0.1) is 5.52 Å². The molecule has 0 saturated carbocycles. The molecule has 2 rings (SSSR count). The minimum absolute atomic E-state index is 0.0333. The van der Waals surface area contributed by atoms with E-state index in [4.69, 9.17) is 9.47 Å². The van der Waals surface area contributed by atoms with Crippen molar-refractivity contribution in [3.05, 3.63) is 34.1 Å². The molecule has 1 aromatic heterocycles. The van der Waals surface area contributed by atoms with Crippen molar-refractivity contribution in [2.24, 2.45) is 0 Å². The first-order valence-corrected chi connectivity index (χ1v) is 5.92. The van der Waals surface area contributed by atoms with Crippen LogP contribution in [0.25, 0.3) is 10.9 Å². The van der Waals surface area contributed by atoms with Gasteiger partial charge in [0.1, 0.15) is 0 Å². The minimum Gasteiger partial charge on any atom is -0.423 e. The molecule has 1 N–H and O–H groups in total. The minimum atomic E-state index is -0.576. The number of carbonyl (C=O) groups is 2. The summed E-state index contributed by atoms with van der Waals surface area (Å²) in [5.74, 6) is -1.01. The van der Waals surface area contributed by atoms with E-state index in [1.807, 2.05) is 0 Å². The number of rotatable bonds is 2. The Hall–Kier alpha value is -2.63. The summed E-state index contributed by atoms with van der Waals surface area (Å²) in [6.07, 6.45) is 0. The van der Waals surface area contributed by atoms with E-state index in [2.05, 4.69) is 4.98 Å². The summed E-state index contributed by atoms with van der Waals surface area (Å²) in [6.45, 7) is 4.23. The fourth-order valence-corrected chi connectivity index (χ4v) is 1.93. The summed E-state index contributed by atoms with van der Waals surface area (Å²) in [6, 6.07) is 4.64. The van der Waals surface area contributed by atoms with Crippen molar-refractivity contribution in [1.82, 2.24) is 4.98 Å².